The molecular weight excluding hydrogens is 226 g/mol. The Kier molecular flexibility index (Phi) is 7.38. The summed E-state index contributed by atoms with van der Waals surface area (Å²) in [6.45, 7) is 7.91. The zero-order chi connectivity index (χ0) is 12.5. The maximum absolute atomic E-state index is 3.60. The molecule has 1 nitrogen and oxygen atoms in total. The van der Waals surface area contributed by atoms with Crippen molar-refractivity contribution in [2.75, 3.05) is 18.1 Å². The minimum Gasteiger partial charge on any atom is -0.313 e. The summed E-state index contributed by atoms with van der Waals surface area (Å²) in [5.74, 6) is 3.08. The molecule has 0 radical (unpaired) electrons. The molecule has 1 rings (SSSR count). The molecule has 0 fully saturated rings. The van der Waals surface area contributed by atoms with Crippen LogP contribution in [0.25, 0.3) is 0 Å². The van der Waals surface area contributed by atoms with Gasteiger partial charge in [0.25, 0.3) is 0 Å². The zero-order valence-corrected chi connectivity index (χ0v) is 12.1. The fourth-order valence-corrected chi connectivity index (χ4v) is 2.56. The predicted octanol–water partition coefficient (Wildman–Crippen LogP) is 3.91. The molecule has 0 spiro atoms. The largest absolute Gasteiger partial charge is 0.313 e. The van der Waals surface area contributed by atoms with E-state index in [0.29, 0.717) is 12.0 Å². The molecule has 0 aliphatic carbocycles. The molecule has 0 bridgehead atoms. The third-order valence-electron chi connectivity index (χ3n) is 3.01. The topological polar surface area (TPSA) is 12.0 Å². The van der Waals surface area contributed by atoms with Crippen LogP contribution in [0.1, 0.15) is 38.7 Å². The highest BCUT2D eigenvalue weighted by Crippen LogP contribution is 2.17. The summed E-state index contributed by atoms with van der Waals surface area (Å²) < 4.78 is 0. The molecule has 0 saturated carbocycles. The van der Waals surface area contributed by atoms with Crippen LogP contribution in [-0.2, 0) is 0 Å². The summed E-state index contributed by atoms with van der Waals surface area (Å²) in [7, 11) is 0. The van der Waals surface area contributed by atoms with Gasteiger partial charge >= 0.3 is 0 Å². The molecule has 0 aliphatic heterocycles. The summed E-state index contributed by atoms with van der Waals surface area (Å²) in [5.41, 5.74) is 1.45. The molecule has 1 N–H and O–H groups in total. The van der Waals surface area contributed by atoms with E-state index < -0.39 is 0 Å². The van der Waals surface area contributed by atoms with Crippen LogP contribution in [-0.4, -0.2) is 24.1 Å². The van der Waals surface area contributed by atoms with Gasteiger partial charge in [-0.25, -0.2) is 0 Å². The van der Waals surface area contributed by atoms with Crippen molar-refractivity contribution < 1.29 is 0 Å². The van der Waals surface area contributed by atoms with Crippen molar-refractivity contribution in [2.24, 2.45) is 0 Å². The molecule has 17 heavy (non-hydrogen) atoms. The SMILES string of the molecule is CCSCC(C)NCCC(C)c1ccccc1. The molecule has 0 saturated heterocycles. The second-order valence-corrected chi connectivity index (χ2v) is 5.93. The van der Waals surface area contributed by atoms with Gasteiger partial charge in [0.05, 0.1) is 0 Å². The Morgan fingerprint density at radius 2 is 1.88 bits per heavy atom. The lowest BCUT2D eigenvalue weighted by Crippen LogP contribution is -2.29. The quantitative estimate of drug-likeness (QED) is 0.752. The van der Waals surface area contributed by atoms with Crippen molar-refractivity contribution in [1.82, 2.24) is 5.32 Å². The molecule has 0 amide bonds. The van der Waals surface area contributed by atoms with Crippen molar-refractivity contribution in [3.05, 3.63) is 35.9 Å². The van der Waals surface area contributed by atoms with Gasteiger partial charge in [-0.05, 0) is 37.1 Å². The lowest BCUT2D eigenvalue weighted by Gasteiger charge is -2.16. The Labute approximate surface area is 110 Å². The van der Waals surface area contributed by atoms with Gasteiger partial charge in [-0.1, -0.05) is 44.2 Å². The first kappa shape index (κ1) is 14.6. The Morgan fingerprint density at radius 3 is 2.53 bits per heavy atom. The number of nitrogens with one attached hydrogen (secondary N) is 1. The first-order valence-corrected chi connectivity index (χ1v) is 7.75. The maximum atomic E-state index is 3.60. The number of hydrogen-bond acceptors (Lipinski definition) is 2. The minimum atomic E-state index is 0.628. The number of rotatable bonds is 8. The van der Waals surface area contributed by atoms with Crippen LogP contribution in [0.2, 0.25) is 0 Å². The molecule has 0 heterocycles. The van der Waals surface area contributed by atoms with E-state index in [0.717, 1.165) is 6.54 Å². The average molecular weight is 251 g/mol. The van der Waals surface area contributed by atoms with Crippen molar-refractivity contribution in [3.8, 4) is 0 Å². The summed E-state index contributed by atoms with van der Waals surface area (Å²) >= 11 is 2.01. The van der Waals surface area contributed by atoms with Crippen molar-refractivity contribution >= 4 is 11.8 Å². The van der Waals surface area contributed by atoms with Gasteiger partial charge in [0, 0.05) is 11.8 Å². The highest BCUT2D eigenvalue weighted by molar-refractivity contribution is 7.99. The molecule has 1 aromatic rings. The van der Waals surface area contributed by atoms with Crippen LogP contribution in [0.15, 0.2) is 30.3 Å². The average Bonchev–Trinajstić information content (AvgIpc) is 2.37. The van der Waals surface area contributed by atoms with Crippen molar-refractivity contribution in [1.29, 1.82) is 0 Å². The molecule has 2 heteroatoms. The highest BCUT2D eigenvalue weighted by Gasteiger charge is 2.05. The fraction of sp³-hybridized carbons (Fsp3) is 0.600. The zero-order valence-electron chi connectivity index (χ0n) is 11.3. The summed E-state index contributed by atoms with van der Waals surface area (Å²) in [6.07, 6.45) is 1.21. The summed E-state index contributed by atoms with van der Waals surface area (Å²) in [6, 6.07) is 11.4. The molecule has 96 valence electrons. The van der Waals surface area contributed by atoms with Crippen LogP contribution in [0, 0.1) is 0 Å². The first-order chi connectivity index (χ1) is 8.24. The van der Waals surface area contributed by atoms with Gasteiger partial charge in [-0.15, -0.1) is 0 Å². The Morgan fingerprint density at radius 1 is 1.18 bits per heavy atom. The smallest absolute Gasteiger partial charge is 0.0129 e. The van der Waals surface area contributed by atoms with E-state index in [1.165, 1.54) is 23.5 Å². The summed E-state index contributed by atoms with van der Waals surface area (Å²) in [5, 5.41) is 3.60. The van der Waals surface area contributed by atoms with Gasteiger partial charge in [-0.3, -0.25) is 0 Å². The Hall–Kier alpha value is -0.470. The van der Waals surface area contributed by atoms with Crippen LogP contribution in [0.5, 0.6) is 0 Å². The monoisotopic (exact) mass is 251 g/mol. The van der Waals surface area contributed by atoms with E-state index in [2.05, 4.69) is 56.4 Å². The summed E-state index contributed by atoms with van der Waals surface area (Å²) in [4.78, 5) is 0. The molecule has 1 aromatic carbocycles. The van der Waals surface area contributed by atoms with Crippen LogP contribution < -0.4 is 5.32 Å². The van der Waals surface area contributed by atoms with Gasteiger partial charge in [-0.2, -0.15) is 11.8 Å². The lowest BCUT2D eigenvalue weighted by molar-refractivity contribution is 0.545. The standard InChI is InChI=1S/C15H25NS/c1-4-17-12-14(3)16-11-10-13(2)15-8-6-5-7-9-15/h5-9,13-14,16H,4,10-12H2,1-3H3. The van der Waals surface area contributed by atoms with Crippen LogP contribution in [0.3, 0.4) is 0 Å². The Bertz CT molecular complexity index is 286. The van der Waals surface area contributed by atoms with E-state index in [4.69, 9.17) is 0 Å². The number of benzene rings is 1. The predicted molar refractivity (Wildman–Crippen MR) is 79.9 cm³/mol. The van der Waals surface area contributed by atoms with Gasteiger partial charge < -0.3 is 5.32 Å². The first-order valence-electron chi connectivity index (χ1n) is 6.60. The normalized spacial score (nSPS) is 14.5. The third-order valence-corrected chi connectivity index (χ3v) is 4.15. The van der Waals surface area contributed by atoms with Crippen molar-refractivity contribution in [2.45, 2.75) is 39.2 Å². The van der Waals surface area contributed by atoms with E-state index in [1.807, 2.05) is 11.8 Å². The minimum absolute atomic E-state index is 0.628. The van der Waals surface area contributed by atoms with E-state index in [-0.39, 0.29) is 0 Å². The molecule has 0 aliphatic rings. The Balaban J connectivity index is 2.18. The van der Waals surface area contributed by atoms with E-state index >= 15 is 0 Å². The van der Waals surface area contributed by atoms with E-state index in [9.17, 15) is 0 Å². The van der Waals surface area contributed by atoms with Crippen LogP contribution in [0.4, 0.5) is 0 Å². The second-order valence-electron chi connectivity index (χ2n) is 4.62. The van der Waals surface area contributed by atoms with Crippen molar-refractivity contribution in [3.63, 3.8) is 0 Å². The third kappa shape index (κ3) is 6.13. The lowest BCUT2D eigenvalue weighted by atomic mass is 9.98. The fourth-order valence-electron chi connectivity index (χ4n) is 1.85. The second kappa shape index (κ2) is 8.60. The van der Waals surface area contributed by atoms with Gasteiger partial charge in [0.2, 0.25) is 0 Å². The number of hydrogen-bond donors (Lipinski definition) is 1. The molecule has 2 unspecified atom stereocenters. The number of thioether (sulfide) groups is 1. The highest BCUT2D eigenvalue weighted by atomic mass is 32.2. The van der Waals surface area contributed by atoms with Gasteiger partial charge in [0.15, 0.2) is 0 Å². The van der Waals surface area contributed by atoms with E-state index in [1.54, 1.807) is 0 Å². The van der Waals surface area contributed by atoms with Gasteiger partial charge in [0.1, 0.15) is 0 Å². The molecular formula is C15H25NS. The maximum Gasteiger partial charge on any atom is 0.0129 e. The molecule has 0 aromatic heterocycles. The van der Waals surface area contributed by atoms with Crippen LogP contribution >= 0.6 is 11.8 Å². The molecule has 2 atom stereocenters.